The third-order valence-electron chi connectivity index (χ3n) is 3.34. The number of nitrogens with two attached hydrogens (primary N) is 1. The Morgan fingerprint density at radius 2 is 1.91 bits per heavy atom. The third kappa shape index (κ3) is 3.28. The largest absolute Gasteiger partial charge is 0.494 e. The Labute approximate surface area is 134 Å². The summed E-state index contributed by atoms with van der Waals surface area (Å²) >= 11 is 1.55. The van der Waals surface area contributed by atoms with Crippen molar-refractivity contribution in [3.05, 3.63) is 65.0 Å². The lowest BCUT2D eigenvalue weighted by Crippen LogP contribution is -1.93. The van der Waals surface area contributed by atoms with Gasteiger partial charge in [-0.1, -0.05) is 42.5 Å². The maximum Gasteiger partial charge on any atom is 0.180 e. The van der Waals surface area contributed by atoms with Crippen molar-refractivity contribution in [3.8, 4) is 17.0 Å². The lowest BCUT2D eigenvalue weighted by molar-refractivity contribution is 0.340. The molecule has 0 saturated heterocycles. The molecule has 1 aromatic heterocycles. The summed E-state index contributed by atoms with van der Waals surface area (Å²) in [6.07, 6.45) is 0.806. The van der Waals surface area contributed by atoms with Gasteiger partial charge in [0.2, 0.25) is 0 Å². The highest BCUT2D eigenvalue weighted by molar-refractivity contribution is 7.15. The molecule has 4 heteroatoms. The predicted octanol–water partition coefficient (Wildman–Crippen LogP) is 4.38. The molecular formula is C18H18N2OS. The molecule has 1 heterocycles. The zero-order valence-electron chi connectivity index (χ0n) is 12.5. The van der Waals surface area contributed by atoms with Gasteiger partial charge in [0, 0.05) is 16.9 Å². The Morgan fingerprint density at radius 1 is 1.09 bits per heavy atom. The van der Waals surface area contributed by atoms with E-state index in [0.29, 0.717) is 11.7 Å². The highest BCUT2D eigenvalue weighted by Crippen LogP contribution is 2.31. The van der Waals surface area contributed by atoms with Gasteiger partial charge in [0.1, 0.15) is 5.75 Å². The van der Waals surface area contributed by atoms with Crippen molar-refractivity contribution >= 4 is 16.5 Å². The summed E-state index contributed by atoms with van der Waals surface area (Å²) in [4.78, 5) is 5.68. The monoisotopic (exact) mass is 310 g/mol. The maximum absolute atomic E-state index is 5.93. The first-order valence-electron chi connectivity index (χ1n) is 7.28. The third-order valence-corrected chi connectivity index (χ3v) is 4.22. The lowest BCUT2D eigenvalue weighted by atomic mass is 10.1. The zero-order chi connectivity index (χ0) is 15.4. The number of anilines is 1. The zero-order valence-corrected chi connectivity index (χ0v) is 13.3. The summed E-state index contributed by atoms with van der Waals surface area (Å²) in [7, 11) is 0. The van der Waals surface area contributed by atoms with E-state index in [1.54, 1.807) is 11.3 Å². The van der Waals surface area contributed by atoms with Crippen LogP contribution in [0.4, 0.5) is 5.13 Å². The molecule has 0 amide bonds. The molecular weight excluding hydrogens is 292 g/mol. The highest BCUT2D eigenvalue weighted by Gasteiger charge is 2.12. The van der Waals surface area contributed by atoms with Crippen LogP contribution in [-0.2, 0) is 6.42 Å². The smallest absolute Gasteiger partial charge is 0.180 e. The number of hydrogen-bond donors (Lipinski definition) is 1. The van der Waals surface area contributed by atoms with Crippen LogP contribution in [0.1, 0.15) is 17.4 Å². The summed E-state index contributed by atoms with van der Waals surface area (Å²) < 4.78 is 5.57. The average Bonchev–Trinajstić information content (AvgIpc) is 2.89. The van der Waals surface area contributed by atoms with Crippen molar-refractivity contribution in [3.63, 3.8) is 0 Å². The van der Waals surface area contributed by atoms with Crippen molar-refractivity contribution in [1.82, 2.24) is 4.98 Å². The van der Waals surface area contributed by atoms with Crippen molar-refractivity contribution in [2.24, 2.45) is 0 Å². The molecule has 0 aliphatic heterocycles. The minimum absolute atomic E-state index is 0.606. The Morgan fingerprint density at radius 3 is 2.68 bits per heavy atom. The van der Waals surface area contributed by atoms with E-state index < -0.39 is 0 Å². The second-order valence-electron chi connectivity index (χ2n) is 4.95. The van der Waals surface area contributed by atoms with Crippen LogP contribution in [0.2, 0.25) is 0 Å². The van der Waals surface area contributed by atoms with E-state index in [-0.39, 0.29) is 0 Å². The summed E-state index contributed by atoms with van der Waals surface area (Å²) in [6, 6.07) is 18.4. The standard InChI is InChI=1S/C18H18N2OS/c1-2-21-15-10-6-7-13(11-15)12-16-17(20-18(19)22-16)14-8-4-3-5-9-14/h3-11H,2,12H2,1H3,(H2,19,20). The van der Waals surface area contributed by atoms with Crippen LogP contribution in [0.25, 0.3) is 11.3 Å². The number of ether oxygens (including phenoxy) is 1. The molecule has 0 aliphatic carbocycles. The van der Waals surface area contributed by atoms with Gasteiger partial charge in [-0.3, -0.25) is 0 Å². The van der Waals surface area contributed by atoms with Crippen LogP contribution in [0.5, 0.6) is 5.75 Å². The van der Waals surface area contributed by atoms with Crippen molar-refractivity contribution in [1.29, 1.82) is 0 Å². The lowest BCUT2D eigenvalue weighted by Gasteiger charge is -2.06. The van der Waals surface area contributed by atoms with Crippen molar-refractivity contribution in [2.75, 3.05) is 12.3 Å². The summed E-state index contributed by atoms with van der Waals surface area (Å²) in [5, 5.41) is 0.606. The van der Waals surface area contributed by atoms with Crippen molar-refractivity contribution < 1.29 is 4.74 Å². The van der Waals surface area contributed by atoms with Crippen molar-refractivity contribution in [2.45, 2.75) is 13.3 Å². The number of rotatable bonds is 5. The first-order valence-corrected chi connectivity index (χ1v) is 8.10. The number of hydrogen-bond acceptors (Lipinski definition) is 4. The minimum Gasteiger partial charge on any atom is -0.494 e. The molecule has 0 radical (unpaired) electrons. The molecule has 0 fully saturated rings. The molecule has 0 bridgehead atoms. The van der Waals surface area contributed by atoms with Crippen LogP contribution in [0.3, 0.4) is 0 Å². The van der Waals surface area contributed by atoms with E-state index in [9.17, 15) is 0 Å². The van der Waals surface area contributed by atoms with Gasteiger partial charge in [-0.2, -0.15) is 0 Å². The number of nitrogens with zero attached hydrogens (tertiary/aromatic N) is 1. The second kappa shape index (κ2) is 6.62. The van der Waals surface area contributed by atoms with Gasteiger partial charge >= 0.3 is 0 Å². The van der Waals surface area contributed by atoms with Crippen LogP contribution < -0.4 is 10.5 Å². The molecule has 2 N–H and O–H groups in total. The molecule has 3 aromatic rings. The van der Waals surface area contributed by atoms with Gasteiger partial charge in [-0.25, -0.2) is 4.98 Å². The molecule has 0 spiro atoms. The quantitative estimate of drug-likeness (QED) is 0.760. The molecule has 0 unspecified atom stereocenters. The number of benzene rings is 2. The van der Waals surface area contributed by atoms with E-state index >= 15 is 0 Å². The Hall–Kier alpha value is -2.33. The Kier molecular flexibility index (Phi) is 4.39. The van der Waals surface area contributed by atoms with E-state index in [2.05, 4.69) is 29.2 Å². The van der Waals surface area contributed by atoms with Crippen LogP contribution in [0.15, 0.2) is 54.6 Å². The van der Waals surface area contributed by atoms with E-state index in [1.807, 2.05) is 37.3 Å². The fourth-order valence-electron chi connectivity index (χ4n) is 2.41. The minimum atomic E-state index is 0.606. The summed E-state index contributed by atoms with van der Waals surface area (Å²) in [5.41, 5.74) is 9.21. The molecule has 112 valence electrons. The number of nitrogen functional groups attached to an aromatic ring is 1. The highest BCUT2D eigenvalue weighted by atomic mass is 32.1. The van der Waals surface area contributed by atoms with Gasteiger partial charge in [0.25, 0.3) is 0 Å². The van der Waals surface area contributed by atoms with Gasteiger partial charge < -0.3 is 10.5 Å². The number of thiazole rings is 1. The molecule has 3 nitrogen and oxygen atoms in total. The molecule has 2 aromatic carbocycles. The Balaban J connectivity index is 1.91. The first kappa shape index (κ1) is 14.6. The predicted molar refractivity (Wildman–Crippen MR) is 92.4 cm³/mol. The van der Waals surface area contributed by atoms with Gasteiger partial charge in [0.15, 0.2) is 5.13 Å². The van der Waals surface area contributed by atoms with Gasteiger partial charge in [0.05, 0.1) is 12.3 Å². The van der Waals surface area contributed by atoms with Crippen LogP contribution in [-0.4, -0.2) is 11.6 Å². The summed E-state index contributed by atoms with van der Waals surface area (Å²) in [6.45, 7) is 2.66. The second-order valence-corrected chi connectivity index (χ2v) is 6.06. The Bertz CT molecular complexity index is 753. The van der Waals surface area contributed by atoms with Crippen LogP contribution >= 0.6 is 11.3 Å². The average molecular weight is 310 g/mol. The molecule has 3 rings (SSSR count). The molecule has 0 aliphatic rings. The topological polar surface area (TPSA) is 48.1 Å². The SMILES string of the molecule is CCOc1cccc(Cc2sc(N)nc2-c2ccccc2)c1. The van der Waals surface area contributed by atoms with Gasteiger partial charge in [-0.05, 0) is 24.6 Å². The molecule has 22 heavy (non-hydrogen) atoms. The summed E-state index contributed by atoms with van der Waals surface area (Å²) in [5.74, 6) is 0.902. The maximum atomic E-state index is 5.93. The van der Waals surface area contributed by atoms with Gasteiger partial charge in [-0.15, -0.1) is 11.3 Å². The molecule has 0 atom stereocenters. The molecule has 0 saturated carbocycles. The van der Waals surface area contributed by atoms with E-state index in [4.69, 9.17) is 10.5 Å². The fraction of sp³-hybridized carbons (Fsp3) is 0.167. The fourth-order valence-corrected chi connectivity index (χ4v) is 3.30. The van der Waals surface area contributed by atoms with E-state index in [0.717, 1.165) is 23.4 Å². The normalized spacial score (nSPS) is 10.6. The number of aromatic nitrogens is 1. The van der Waals surface area contributed by atoms with E-state index in [1.165, 1.54) is 10.4 Å². The van der Waals surface area contributed by atoms with Crippen LogP contribution in [0, 0.1) is 0 Å². The first-order chi connectivity index (χ1) is 10.8.